The third-order valence-electron chi connectivity index (χ3n) is 4.50. The van der Waals surface area contributed by atoms with Crippen molar-refractivity contribution in [2.45, 2.75) is 26.9 Å². The standard InChI is InChI=1S/C20H29N5O2.HI/c1-3-21-20(22-15-17-6-5-7-19(14-17)26-4-2)25-11-9-24(10-12-25)16-18-8-13-27-23-18;/h5-8,13-14H,3-4,9-12,15-16H2,1-2H3,(H,21,22);1H. The number of guanidine groups is 1. The van der Waals surface area contributed by atoms with Crippen molar-refractivity contribution < 1.29 is 9.26 Å². The second kappa shape index (κ2) is 11.9. The molecule has 0 radical (unpaired) electrons. The number of hydrogen-bond acceptors (Lipinski definition) is 5. The highest BCUT2D eigenvalue weighted by atomic mass is 127. The fourth-order valence-corrected chi connectivity index (χ4v) is 3.16. The van der Waals surface area contributed by atoms with Gasteiger partial charge in [-0.25, -0.2) is 4.99 Å². The smallest absolute Gasteiger partial charge is 0.194 e. The highest BCUT2D eigenvalue weighted by molar-refractivity contribution is 14.0. The zero-order chi connectivity index (χ0) is 18.9. The molecule has 28 heavy (non-hydrogen) atoms. The van der Waals surface area contributed by atoms with Gasteiger partial charge in [0.15, 0.2) is 5.96 Å². The van der Waals surface area contributed by atoms with E-state index in [2.05, 4.69) is 39.3 Å². The van der Waals surface area contributed by atoms with E-state index in [9.17, 15) is 0 Å². The number of benzene rings is 1. The van der Waals surface area contributed by atoms with Gasteiger partial charge in [-0.15, -0.1) is 24.0 Å². The fourth-order valence-electron chi connectivity index (χ4n) is 3.16. The molecular weight excluding hydrogens is 469 g/mol. The molecule has 1 aromatic heterocycles. The third kappa shape index (κ3) is 6.66. The summed E-state index contributed by atoms with van der Waals surface area (Å²) in [6, 6.07) is 10.1. The minimum atomic E-state index is 0. The summed E-state index contributed by atoms with van der Waals surface area (Å²) in [4.78, 5) is 9.56. The maximum Gasteiger partial charge on any atom is 0.194 e. The van der Waals surface area contributed by atoms with Gasteiger partial charge in [0.25, 0.3) is 0 Å². The van der Waals surface area contributed by atoms with E-state index in [0.29, 0.717) is 13.2 Å². The first-order valence-electron chi connectivity index (χ1n) is 9.65. The SMILES string of the molecule is CCNC(=NCc1cccc(OCC)c1)N1CCN(Cc2ccon2)CC1.I. The molecule has 3 rings (SSSR count). The molecule has 1 saturated heterocycles. The molecule has 0 spiro atoms. The van der Waals surface area contributed by atoms with Crippen molar-refractivity contribution >= 4 is 29.9 Å². The first kappa shape index (κ1) is 22.5. The predicted molar refractivity (Wildman–Crippen MR) is 121 cm³/mol. The van der Waals surface area contributed by atoms with Crippen LogP contribution in [0.25, 0.3) is 0 Å². The molecule has 0 aliphatic carbocycles. The minimum Gasteiger partial charge on any atom is -0.494 e. The Labute approximate surface area is 184 Å². The van der Waals surface area contributed by atoms with Crippen LogP contribution in [0.5, 0.6) is 5.75 Å². The largest absolute Gasteiger partial charge is 0.494 e. The lowest BCUT2D eigenvalue weighted by atomic mass is 10.2. The van der Waals surface area contributed by atoms with Crippen LogP contribution in [-0.2, 0) is 13.1 Å². The van der Waals surface area contributed by atoms with Crippen molar-refractivity contribution in [3.8, 4) is 5.75 Å². The van der Waals surface area contributed by atoms with Crippen LogP contribution in [-0.4, -0.2) is 60.2 Å². The van der Waals surface area contributed by atoms with Gasteiger partial charge in [0, 0.05) is 45.3 Å². The monoisotopic (exact) mass is 499 g/mol. The van der Waals surface area contributed by atoms with E-state index >= 15 is 0 Å². The van der Waals surface area contributed by atoms with E-state index in [1.54, 1.807) is 6.26 Å². The van der Waals surface area contributed by atoms with E-state index < -0.39 is 0 Å². The molecule has 1 N–H and O–H groups in total. The predicted octanol–water partition coefficient (Wildman–Crippen LogP) is 2.97. The van der Waals surface area contributed by atoms with Gasteiger partial charge < -0.3 is 19.5 Å². The Morgan fingerprint density at radius 2 is 2.04 bits per heavy atom. The summed E-state index contributed by atoms with van der Waals surface area (Å²) >= 11 is 0. The van der Waals surface area contributed by atoms with Gasteiger partial charge in [-0.2, -0.15) is 0 Å². The topological polar surface area (TPSA) is 66.1 Å². The molecule has 2 heterocycles. The van der Waals surface area contributed by atoms with Gasteiger partial charge >= 0.3 is 0 Å². The Kier molecular flexibility index (Phi) is 9.56. The van der Waals surface area contributed by atoms with Crippen molar-refractivity contribution in [1.82, 2.24) is 20.3 Å². The second-order valence-electron chi connectivity index (χ2n) is 6.50. The normalized spacial score (nSPS) is 15.2. The molecule has 8 heteroatoms. The quantitative estimate of drug-likeness (QED) is 0.359. The number of hydrogen-bond donors (Lipinski definition) is 1. The Morgan fingerprint density at radius 1 is 1.21 bits per heavy atom. The lowest BCUT2D eigenvalue weighted by Gasteiger charge is -2.36. The van der Waals surface area contributed by atoms with Crippen LogP contribution in [0.15, 0.2) is 46.1 Å². The average Bonchev–Trinajstić information content (AvgIpc) is 3.19. The molecule has 154 valence electrons. The van der Waals surface area contributed by atoms with Gasteiger partial charge in [-0.05, 0) is 31.5 Å². The molecule has 0 amide bonds. The molecule has 1 fully saturated rings. The van der Waals surface area contributed by atoms with Gasteiger partial charge in [0.05, 0.1) is 18.8 Å². The number of piperazine rings is 1. The first-order valence-corrected chi connectivity index (χ1v) is 9.65. The van der Waals surface area contributed by atoms with E-state index in [1.165, 1.54) is 0 Å². The van der Waals surface area contributed by atoms with Crippen molar-refractivity contribution in [1.29, 1.82) is 0 Å². The molecular formula is C20H30IN5O2. The molecule has 7 nitrogen and oxygen atoms in total. The number of nitrogens with one attached hydrogen (secondary N) is 1. The van der Waals surface area contributed by atoms with E-state index in [4.69, 9.17) is 14.3 Å². The van der Waals surface area contributed by atoms with Crippen molar-refractivity contribution in [3.05, 3.63) is 47.9 Å². The molecule has 0 bridgehead atoms. The summed E-state index contributed by atoms with van der Waals surface area (Å²) in [7, 11) is 0. The zero-order valence-electron chi connectivity index (χ0n) is 16.6. The van der Waals surface area contributed by atoms with Crippen molar-refractivity contribution in [2.24, 2.45) is 4.99 Å². The molecule has 1 aromatic carbocycles. The highest BCUT2D eigenvalue weighted by Gasteiger charge is 2.20. The number of rotatable bonds is 7. The lowest BCUT2D eigenvalue weighted by Crippen LogP contribution is -2.52. The van der Waals surface area contributed by atoms with E-state index in [1.807, 2.05) is 25.1 Å². The second-order valence-corrected chi connectivity index (χ2v) is 6.50. The molecule has 1 aliphatic heterocycles. The summed E-state index contributed by atoms with van der Waals surface area (Å²) in [6.45, 7) is 11.0. The van der Waals surface area contributed by atoms with Gasteiger partial charge in [0.2, 0.25) is 0 Å². The van der Waals surface area contributed by atoms with Gasteiger partial charge in [-0.3, -0.25) is 4.90 Å². The minimum absolute atomic E-state index is 0. The van der Waals surface area contributed by atoms with Crippen LogP contribution in [0.3, 0.4) is 0 Å². The Hall–Kier alpha value is -1.81. The Balaban J connectivity index is 0.00000280. The number of aliphatic imine (C=N–C) groups is 1. The first-order chi connectivity index (χ1) is 13.3. The molecule has 2 aromatic rings. The van der Waals surface area contributed by atoms with Crippen LogP contribution in [0.2, 0.25) is 0 Å². The molecule has 1 aliphatic rings. The zero-order valence-corrected chi connectivity index (χ0v) is 19.0. The fraction of sp³-hybridized carbons (Fsp3) is 0.500. The maximum atomic E-state index is 5.58. The number of halogens is 1. The number of nitrogens with zero attached hydrogens (tertiary/aromatic N) is 4. The Bertz CT molecular complexity index is 715. The molecule has 0 atom stereocenters. The lowest BCUT2D eigenvalue weighted by molar-refractivity contribution is 0.169. The van der Waals surface area contributed by atoms with Crippen molar-refractivity contribution in [2.75, 3.05) is 39.3 Å². The average molecular weight is 499 g/mol. The summed E-state index contributed by atoms with van der Waals surface area (Å²) in [5.41, 5.74) is 2.14. The molecule has 0 unspecified atom stereocenters. The highest BCUT2D eigenvalue weighted by Crippen LogP contribution is 2.14. The van der Waals surface area contributed by atoms with Crippen LogP contribution in [0.1, 0.15) is 25.1 Å². The van der Waals surface area contributed by atoms with E-state index in [-0.39, 0.29) is 24.0 Å². The van der Waals surface area contributed by atoms with E-state index in [0.717, 1.165) is 62.2 Å². The number of aromatic nitrogens is 1. The summed E-state index contributed by atoms with van der Waals surface area (Å²) in [5.74, 6) is 1.87. The molecule has 0 saturated carbocycles. The summed E-state index contributed by atoms with van der Waals surface area (Å²) in [6.07, 6.45) is 1.63. The summed E-state index contributed by atoms with van der Waals surface area (Å²) < 4.78 is 10.5. The number of ether oxygens (including phenoxy) is 1. The van der Waals surface area contributed by atoms with Gasteiger partial charge in [-0.1, -0.05) is 17.3 Å². The van der Waals surface area contributed by atoms with Crippen LogP contribution < -0.4 is 10.1 Å². The Morgan fingerprint density at radius 3 is 2.71 bits per heavy atom. The van der Waals surface area contributed by atoms with Crippen LogP contribution in [0.4, 0.5) is 0 Å². The van der Waals surface area contributed by atoms with Gasteiger partial charge in [0.1, 0.15) is 12.0 Å². The third-order valence-corrected chi connectivity index (χ3v) is 4.50. The van der Waals surface area contributed by atoms with Crippen LogP contribution >= 0.6 is 24.0 Å². The van der Waals surface area contributed by atoms with Crippen molar-refractivity contribution in [3.63, 3.8) is 0 Å². The maximum absolute atomic E-state index is 5.58. The summed E-state index contributed by atoms with van der Waals surface area (Å²) in [5, 5.41) is 7.42. The van der Waals surface area contributed by atoms with Crippen LogP contribution in [0, 0.1) is 0 Å².